The maximum atomic E-state index is 12.8. The molecule has 1 fully saturated rings. The Bertz CT molecular complexity index is 708. The molecule has 0 spiro atoms. The summed E-state index contributed by atoms with van der Waals surface area (Å²) in [5.74, 6) is -0.758. The van der Waals surface area contributed by atoms with E-state index in [-0.39, 0.29) is 11.7 Å². The minimum absolute atomic E-state index is 0.358. The molecular formula is C18H18FN3O2. The van der Waals surface area contributed by atoms with Crippen molar-refractivity contribution in [1.82, 2.24) is 5.43 Å². The molecule has 0 unspecified atom stereocenters. The zero-order valence-electron chi connectivity index (χ0n) is 13.1. The number of carbonyl (C=O) groups excluding carboxylic acids is 1. The molecule has 0 aromatic heterocycles. The molecule has 24 heavy (non-hydrogen) atoms. The van der Waals surface area contributed by atoms with Crippen LogP contribution in [-0.2, 0) is 4.74 Å². The Morgan fingerprint density at radius 3 is 2.42 bits per heavy atom. The number of benzene rings is 2. The summed E-state index contributed by atoms with van der Waals surface area (Å²) < 4.78 is 18.2. The summed E-state index contributed by atoms with van der Waals surface area (Å²) in [5.41, 5.74) is 4.81. The Labute approximate surface area is 139 Å². The molecule has 0 aliphatic carbocycles. The van der Waals surface area contributed by atoms with Gasteiger partial charge in [0.15, 0.2) is 0 Å². The molecule has 5 nitrogen and oxygen atoms in total. The fraction of sp³-hybridized carbons (Fsp3) is 0.222. The van der Waals surface area contributed by atoms with Crippen LogP contribution in [0.15, 0.2) is 53.6 Å². The Morgan fingerprint density at radius 1 is 1.08 bits per heavy atom. The number of nitrogens with one attached hydrogen (secondary N) is 1. The van der Waals surface area contributed by atoms with E-state index in [1.54, 1.807) is 6.21 Å². The lowest BCUT2D eigenvalue weighted by Crippen LogP contribution is -2.36. The van der Waals surface area contributed by atoms with Crippen LogP contribution in [0.3, 0.4) is 0 Å². The third-order valence-electron chi connectivity index (χ3n) is 3.76. The van der Waals surface area contributed by atoms with Crippen molar-refractivity contribution in [2.75, 3.05) is 31.2 Å². The molecule has 0 radical (unpaired) electrons. The average Bonchev–Trinajstić information content (AvgIpc) is 2.63. The van der Waals surface area contributed by atoms with Gasteiger partial charge in [-0.1, -0.05) is 12.1 Å². The molecule has 3 rings (SSSR count). The van der Waals surface area contributed by atoms with Crippen molar-refractivity contribution < 1.29 is 13.9 Å². The van der Waals surface area contributed by atoms with E-state index in [4.69, 9.17) is 4.74 Å². The largest absolute Gasteiger partial charge is 0.378 e. The normalized spacial score (nSPS) is 14.8. The van der Waals surface area contributed by atoms with Gasteiger partial charge in [-0.25, -0.2) is 9.82 Å². The van der Waals surface area contributed by atoms with Gasteiger partial charge >= 0.3 is 0 Å². The number of morpholine rings is 1. The maximum Gasteiger partial charge on any atom is 0.271 e. The van der Waals surface area contributed by atoms with Gasteiger partial charge in [-0.15, -0.1) is 0 Å². The van der Waals surface area contributed by atoms with Gasteiger partial charge in [-0.2, -0.15) is 5.10 Å². The first-order valence-corrected chi connectivity index (χ1v) is 7.74. The molecule has 1 aliphatic rings. The summed E-state index contributed by atoms with van der Waals surface area (Å²) in [4.78, 5) is 14.1. The first-order chi connectivity index (χ1) is 11.7. The van der Waals surface area contributed by atoms with Crippen LogP contribution in [0.5, 0.6) is 0 Å². The van der Waals surface area contributed by atoms with Gasteiger partial charge < -0.3 is 9.64 Å². The third-order valence-corrected chi connectivity index (χ3v) is 3.76. The highest BCUT2D eigenvalue weighted by Crippen LogP contribution is 2.15. The molecule has 1 saturated heterocycles. The van der Waals surface area contributed by atoms with Crippen LogP contribution in [0.4, 0.5) is 10.1 Å². The molecule has 0 saturated carbocycles. The third kappa shape index (κ3) is 4.17. The van der Waals surface area contributed by atoms with E-state index in [9.17, 15) is 9.18 Å². The van der Waals surface area contributed by atoms with Gasteiger partial charge in [-0.05, 0) is 42.0 Å². The van der Waals surface area contributed by atoms with Gasteiger partial charge in [0, 0.05) is 24.3 Å². The van der Waals surface area contributed by atoms with Gasteiger partial charge in [0.05, 0.1) is 19.4 Å². The van der Waals surface area contributed by atoms with Crippen molar-refractivity contribution in [2.45, 2.75) is 0 Å². The number of amides is 1. The molecule has 0 atom stereocenters. The van der Waals surface area contributed by atoms with Crippen molar-refractivity contribution in [3.63, 3.8) is 0 Å². The highest BCUT2D eigenvalue weighted by molar-refractivity contribution is 5.94. The zero-order chi connectivity index (χ0) is 16.8. The van der Waals surface area contributed by atoms with Crippen LogP contribution < -0.4 is 10.3 Å². The minimum atomic E-state index is -0.379. The number of nitrogens with zero attached hydrogens (tertiary/aromatic N) is 2. The van der Waals surface area contributed by atoms with Crippen LogP contribution in [0, 0.1) is 5.82 Å². The molecule has 1 heterocycles. The van der Waals surface area contributed by atoms with Crippen molar-refractivity contribution >= 4 is 17.8 Å². The lowest BCUT2D eigenvalue weighted by molar-refractivity contribution is 0.0955. The molecular weight excluding hydrogens is 309 g/mol. The Hall–Kier alpha value is -2.73. The van der Waals surface area contributed by atoms with Crippen LogP contribution in [0.1, 0.15) is 15.9 Å². The number of hydrazone groups is 1. The number of ether oxygens (including phenoxy) is 1. The van der Waals surface area contributed by atoms with Gasteiger partial charge in [0.25, 0.3) is 5.91 Å². The number of hydrogen-bond donors (Lipinski definition) is 1. The van der Waals surface area contributed by atoms with Gasteiger partial charge in [0.1, 0.15) is 5.82 Å². The standard InChI is InChI=1S/C18H18FN3O2/c19-16-5-3-15(4-6-16)18(23)21-20-13-14-1-7-17(8-2-14)22-9-11-24-12-10-22/h1-8,13H,9-12H2,(H,21,23)/b20-13-. The first kappa shape index (κ1) is 16.1. The zero-order valence-corrected chi connectivity index (χ0v) is 13.1. The van der Waals surface area contributed by atoms with E-state index in [1.165, 1.54) is 24.3 Å². The fourth-order valence-electron chi connectivity index (χ4n) is 2.42. The molecule has 2 aromatic rings. The van der Waals surface area contributed by atoms with E-state index < -0.39 is 0 Å². The monoisotopic (exact) mass is 327 g/mol. The molecule has 6 heteroatoms. The maximum absolute atomic E-state index is 12.8. The summed E-state index contributed by atoms with van der Waals surface area (Å²) in [6.07, 6.45) is 1.57. The Kier molecular flexibility index (Phi) is 5.18. The van der Waals surface area contributed by atoms with E-state index in [0.717, 1.165) is 37.6 Å². The molecule has 1 aliphatic heterocycles. The number of anilines is 1. The molecule has 0 bridgehead atoms. The van der Waals surface area contributed by atoms with Crippen molar-refractivity contribution in [1.29, 1.82) is 0 Å². The van der Waals surface area contributed by atoms with Crippen LogP contribution in [-0.4, -0.2) is 38.4 Å². The SMILES string of the molecule is O=C(N/N=C\c1ccc(N2CCOCC2)cc1)c1ccc(F)cc1. The predicted molar refractivity (Wildman–Crippen MR) is 90.9 cm³/mol. The lowest BCUT2D eigenvalue weighted by atomic mass is 10.2. The van der Waals surface area contributed by atoms with Crippen molar-refractivity contribution in [2.24, 2.45) is 5.10 Å². The van der Waals surface area contributed by atoms with Gasteiger partial charge in [-0.3, -0.25) is 4.79 Å². The molecule has 1 N–H and O–H groups in total. The average molecular weight is 327 g/mol. The second-order valence-corrected chi connectivity index (χ2v) is 5.40. The number of carbonyl (C=O) groups is 1. The van der Waals surface area contributed by atoms with Crippen LogP contribution in [0.25, 0.3) is 0 Å². The molecule has 124 valence electrons. The first-order valence-electron chi connectivity index (χ1n) is 7.74. The second kappa shape index (κ2) is 7.70. The Morgan fingerprint density at radius 2 is 1.75 bits per heavy atom. The van der Waals surface area contributed by atoms with Gasteiger partial charge in [0.2, 0.25) is 0 Å². The van der Waals surface area contributed by atoms with E-state index in [1.807, 2.05) is 24.3 Å². The summed E-state index contributed by atoms with van der Waals surface area (Å²) in [6.45, 7) is 3.28. The summed E-state index contributed by atoms with van der Waals surface area (Å²) in [6, 6.07) is 13.2. The quantitative estimate of drug-likeness (QED) is 0.693. The number of halogens is 1. The minimum Gasteiger partial charge on any atom is -0.378 e. The Balaban J connectivity index is 1.56. The van der Waals surface area contributed by atoms with Crippen LogP contribution >= 0.6 is 0 Å². The highest BCUT2D eigenvalue weighted by Gasteiger charge is 2.10. The lowest BCUT2D eigenvalue weighted by Gasteiger charge is -2.28. The number of rotatable bonds is 4. The second-order valence-electron chi connectivity index (χ2n) is 5.40. The summed E-state index contributed by atoms with van der Waals surface area (Å²) >= 11 is 0. The summed E-state index contributed by atoms with van der Waals surface area (Å²) in [7, 11) is 0. The van der Waals surface area contributed by atoms with Crippen molar-refractivity contribution in [3.8, 4) is 0 Å². The number of hydrogen-bond acceptors (Lipinski definition) is 4. The van der Waals surface area contributed by atoms with E-state index in [2.05, 4.69) is 15.4 Å². The van der Waals surface area contributed by atoms with Crippen LogP contribution in [0.2, 0.25) is 0 Å². The smallest absolute Gasteiger partial charge is 0.271 e. The molecule has 1 amide bonds. The van der Waals surface area contributed by atoms with E-state index in [0.29, 0.717) is 5.56 Å². The predicted octanol–water partition coefficient (Wildman–Crippen LogP) is 2.43. The fourth-order valence-corrected chi connectivity index (χ4v) is 2.42. The summed E-state index contributed by atoms with van der Waals surface area (Å²) in [5, 5.41) is 3.93. The topological polar surface area (TPSA) is 53.9 Å². The highest BCUT2D eigenvalue weighted by atomic mass is 19.1. The van der Waals surface area contributed by atoms with Crippen molar-refractivity contribution in [3.05, 3.63) is 65.5 Å². The molecule has 2 aromatic carbocycles. The van der Waals surface area contributed by atoms with E-state index >= 15 is 0 Å².